The van der Waals surface area contributed by atoms with Crippen molar-refractivity contribution >= 4 is 16.8 Å². The van der Waals surface area contributed by atoms with Gasteiger partial charge in [-0.25, -0.2) is 8.78 Å². The van der Waals surface area contributed by atoms with Gasteiger partial charge in [-0.15, -0.1) is 0 Å². The Hall–Kier alpha value is -3.88. The van der Waals surface area contributed by atoms with Gasteiger partial charge in [-0.2, -0.15) is 0 Å². The van der Waals surface area contributed by atoms with Crippen LogP contribution in [0.25, 0.3) is 10.9 Å². The van der Waals surface area contributed by atoms with Gasteiger partial charge in [0.05, 0.1) is 17.7 Å². The van der Waals surface area contributed by atoms with Crippen molar-refractivity contribution in [1.29, 1.82) is 0 Å². The second-order valence-corrected chi connectivity index (χ2v) is 9.03. The van der Waals surface area contributed by atoms with Crippen LogP contribution in [0.2, 0.25) is 0 Å². The largest absolute Gasteiger partial charge is 0.390 e. The van der Waals surface area contributed by atoms with Crippen molar-refractivity contribution in [2.75, 3.05) is 6.54 Å². The number of rotatable bonds is 10. The van der Waals surface area contributed by atoms with Crippen LogP contribution >= 0.6 is 0 Å². The number of carbonyl (C=O) groups excluding carboxylic acids is 1. The summed E-state index contributed by atoms with van der Waals surface area (Å²) in [4.78, 5) is 28.1. The first kappa shape index (κ1) is 26.2. The molecule has 4 rings (SSSR count). The molecule has 2 unspecified atom stereocenters. The van der Waals surface area contributed by atoms with E-state index in [4.69, 9.17) is 0 Å². The summed E-state index contributed by atoms with van der Waals surface area (Å²) < 4.78 is 27.7. The lowest BCUT2D eigenvalue weighted by Crippen LogP contribution is -2.48. The molecular formula is C29H29F2N3O3. The zero-order valence-corrected chi connectivity index (χ0v) is 20.4. The number of halogens is 2. The predicted octanol–water partition coefficient (Wildman–Crippen LogP) is 3.86. The van der Waals surface area contributed by atoms with Crippen molar-refractivity contribution in [3.8, 4) is 0 Å². The Bertz CT molecular complexity index is 1430. The second-order valence-electron chi connectivity index (χ2n) is 9.03. The Morgan fingerprint density at radius 1 is 0.946 bits per heavy atom. The lowest BCUT2D eigenvalue weighted by Gasteiger charge is -2.25. The van der Waals surface area contributed by atoms with Gasteiger partial charge < -0.3 is 20.7 Å². The van der Waals surface area contributed by atoms with Crippen LogP contribution < -0.4 is 16.2 Å². The number of hydrogen-bond donors (Lipinski definition) is 4. The summed E-state index contributed by atoms with van der Waals surface area (Å²) >= 11 is 0. The predicted molar refractivity (Wildman–Crippen MR) is 139 cm³/mol. The number of aliphatic hydroxyl groups is 1. The molecule has 8 heteroatoms. The van der Waals surface area contributed by atoms with Crippen LogP contribution in [0.3, 0.4) is 0 Å². The second kappa shape index (κ2) is 11.9. The van der Waals surface area contributed by atoms with E-state index >= 15 is 0 Å². The first-order valence-corrected chi connectivity index (χ1v) is 12.2. The highest BCUT2D eigenvalue weighted by molar-refractivity contribution is 6.06. The maximum atomic E-state index is 13.8. The first-order chi connectivity index (χ1) is 17.8. The van der Waals surface area contributed by atoms with Crippen molar-refractivity contribution in [2.45, 2.75) is 38.5 Å². The molecule has 0 aliphatic carbocycles. The fourth-order valence-corrected chi connectivity index (χ4v) is 4.37. The van der Waals surface area contributed by atoms with E-state index in [1.54, 1.807) is 24.3 Å². The number of benzene rings is 3. The molecule has 6 nitrogen and oxygen atoms in total. The molecule has 37 heavy (non-hydrogen) atoms. The monoisotopic (exact) mass is 505 g/mol. The molecule has 192 valence electrons. The van der Waals surface area contributed by atoms with Crippen LogP contribution in [0.5, 0.6) is 0 Å². The lowest BCUT2D eigenvalue weighted by atomic mass is 9.99. The van der Waals surface area contributed by atoms with Gasteiger partial charge in [0.1, 0.15) is 11.6 Å². The Kier molecular flexibility index (Phi) is 8.43. The van der Waals surface area contributed by atoms with Gasteiger partial charge in [-0.3, -0.25) is 9.59 Å². The SMILES string of the molecule is CCc1cccc(CNCC(O)C(Cc2cc(F)cc(F)c2)NC(=O)c2cc(=O)[nH]c3ccccc23)c1. The number of aromatic nitrogens is 1. The van der Waals surface area contributed by atoms with Gasteiger partial charge in [-0.1, -0.05) is 49.4 Å². The van der Waals surface area contributed by atoms with Crippen LogP contribution in [0.4, 0.5) is 8.78 Å². The number of carbonyl (C=O) groups is 1. The smallest absolute Gasteiger partial charge is 0.252 e. The van der Waals surface area contributed by atoms with Crippen LogP contribution in [0.1, 0.15) is 34.0 Å². The van der Waals surface area contributed by atoms with Gasteiger partial charge in [-0.05, 0) is 47.7 Å². The van der Waals surface area contributed by atoms with Gasteiger partial charge in [0.15, 0.2) is 0 Å². The molecule has 0 aliphatic heterocycles. The third-order valence-corrected chi connectivity index (χ3v) is 6.24. The standard InChI is InChI=1S/C29H29F2N3O3/c1-2-18-6-5-7-19(10-18)16-32-17-27(35)26(13-20-11-21(30)14-22(31)12-20)34-29(37)24-15-28(36)33-25-9-4-3-8-23(24)25/h3-12,14-15,26-27,32,35H,2,13,16-17H2,1H3,(H,33,36)(H,34,37). The normalized spacial score (nSPS) is 12.9. The van der Waals surface area contributed by atoms with E-state index in [9.17, 15) is 23.5 Å². The summed E-state index contributed by atoms with van der Waals surface area (Å²) in [5.74, 6) is -2.06. The van der Waals surface area contributed by atoms with E-state index in [1.165, 1.54) is 23.8 Å². The third-order valence-electron chi connectivity index (χ3n) is 6.24. The third kappa shape index (κ3) is 6.87. The molecule has 0 saturated carbocycles. The zero-order valence-electron chi connectivity index (χ0n) is 20.4. The van der Waals surface area contributed by atoms with Crippen molar-refractivity contribution in [2.24, 2.45) is 0 Å². The molecule has 0 radical (unpaired) electrons. The summed E-state index contributed by atoms with van der Waals surface area (Å²) in [7, 11) is 0. The summed E-state index contributed by atoms with van der Waals surface area (Å²) in [6.07, 6.45) is -0.195. The number of para-hydroxylation sites is 1. The van der Waals surface area contributed by atoms with E-state index < -0.39 is 35.2 Å². The van der Waals surface area contributed by atoms with E-state index in [2.05, 4.69) is 28.6 Å². The molecule has 4 aromatic rings. The fourth-order valence-electron chi connectivity index (χ4n) is 4.37. The molecule has 0 bridgehead atoms. The molecule has 0 aliphatic rings. The maximum absolute atomic E-state index is 13.8. The number of hydrogen-bond acceptors (Lipinski definition) is 4. The molecule has 3 aromatic carbocycles. The van der Waals surface area contributed by atoms with Gasteiger partial charge >= 0.3 is 0 Å². The number of aliphatic hydroxyl groups excluding tert-OH is 1. The molecule has 0 spiro atoms. The molecule has 2 atom stereocenters. The highest BCUT2D eigenvalue weighted by Gasteiger charge is 2.24. The van der Waals surface area contributed by atoms with Crippen molar-refractivity contribution in [3.63, 3.8) is 0 Å². The summed E-state index contributed by atoms with van der Waals surface area (Å²) in [5, 5.41) is 17.5. The number of nitrogens with one attached hydrogen (secondary N) is 3. The average Bonchev–Trinajstić information content (AvgIpc) is 2.87. The number of aromatic amines is 1. The fraction of sp³-hybridized carbons (Fsp3) is 0.241. The highest BCUT2D eigenvalue weighted by atomic mass is 19.1. The van der Waals surface area contributed by atoms with Crippen LogP contribution in [-0.4, -0.2) is 34.7 Å². The summed E-state index contributed by atoms with van der Waals surface area (Å²) in [6.45, 7) is 2.69. The molecule has 0 fully saturated rings. The van der Waals surface area contributed by atoms with E-state index in [-0.39, 0.29) is 24.1 Å². The number of amides is 1. The van der Waals surface area contributed by atoms with Crippen molar-refractivity contribution in [1.82, 2.24) is 15.6 Å². The first-order valence-electron chi connectivity index (χ1n) is 12.2. The molecule has 1 aromatic heterocycles. The quantitative estimate of drug-likeness (QED) is 0.263. The van der Waals surface area contributed by atoms with E-state index in [0.717, 1.165) is 18.1 Å². The Balaban J connectivity index is 1.54. The number of pyridine rings is 1. The minimum absolute atomic E-state index is 0.0181. The summed E-state index contributed by atoms with van der Waals surface area (Å²) in [6, 6.07) is 18.4. The average molecular weight is 506 g/mol. The van der Waals surface area contributed by atoms with Gasteiger partial charge in [0.25, 0.3) is 5.91 Å². The molecule has 0 saturated heterocycles. The van der Waals surface area contributed by atoms with Crippen molar-refractivity contribution in [3.05, 3.63) is 117 Å². The zero-order chi connectivity index (χ0) is 26.4. The molecule has 1 heterocycles. The van der Waals surface area contributed by atoms with Gasteiger partial charge in [0.2, 0.25) is 5.56 Å². The van der Waals surface area contributed by atoms with E-state index in [1.807, 2.05) is 18.2 Å². The van der Waals surface area contributed by atoms with Crippen LogP contribution in [-0.2, 0) is 19.4 Å². The van der Waals surface area contributed by atoms with Crippen LogP contribution in [0, 0.1) is 11.6 Å². The molecule has 4 N–H and O–H groups in total. The Morgan fingerprint density at radius 3 is 2.43 bits per heavy atom. The van der Waals surface area contributed by atoms with E-state index in [0.29, 0.717) is 17.4 Å². The Morgan fingerprint density at radius 2 is 1.68 bits per heavy atom. The topological polar surface area (TPSA) is 94.2 Å². The van der Waals surface area contributed by atoms with Gasteiger partial charge in [0, 0.05) is 36.1 Å². The summed E-state index contributed by atoms with van der Waals surface area (Å²) in [5.41, 5.74) is 2.74. The molecule has 1 amide bonds. The Labute approximate surface area is 213 Å². The number of aryl methyl sites for hydroxylation is 1. The minimum atomic E-state index is -1.09. The van der Waals surface area contributed by atoms with Crippen LogP contribution in [0.15, 0.2) is 77.6 Å². The highest BCUT2D eigenvalue weighted by Crippen LogP contribution is 2.17. The lowest BCUT2D eigenvalue weighted by molar-refractivity contribution is 0.0831. The minimum Gasteiger partial charge on any atom is -0.390 e. The number of fused-ring (bicyclic) bond motifs is 1. The molecular weight excluding hydrogens is 476 g/mol. The van der Waals surface area contributed by atoms with Crippen molar-refractivity contribution < 1.29 is 18.7 Å². The maximum Gasteiger partial charge on any atom is 0.252 e. The number of H-pyrrole nitrogens is 1.